The van der Waals surface area contributed by atoms with Gasteiger partial charge in [0.1, 0.15) is 17.3 Å². The number of carbonyl (C=O) groups is 6. The van der Waals surface area contributed by atoms with Gasteiger partial charge in [0.25, 0.3) is 0 Å². The zero-order chi connectivity index (χ0) is 93.6. The van der Waals surface area contributed by atoms with E-state index in [2.05, 4.69) is 29.8 Å². The Kier molecular flexibility index (Phi) is 80.5. The number of ketones is 3. The van der Waals surface area contributed by atoms with Crippen molar-refractivity contribution < 1.29 is 28.8 Å². The summed E-state index contributed by atoms with van der Waals surface area (Å²) < 4.78 is 0. The standard InChI is InChI=1S/C123H229N3O6/c1-3-5-7-9-11-13-15-17-19-21-23-25-27-29-31-33-35-37-39-41-43-45-47-49-51-53-55-57-59-61-63-65-67-69-71-73-75-77-79-81-83-85-87-89-91-94-110(127)95-93-101-125-122(131)108-97-99-111-113-106-118-114(107-117(113)120(129)115(111)104-108)112-100-98-109(105-116(112)121(118)130)123(132)126-103-102-124-119(128)96-92-90-88-86-84-82-80-78-76-74-72-70-68-66-64-62-60-58-56-54-52-50-48-46-44-42-40-38-36-34-32-30-28-26-24-22-20-18-16-14-12-10-8-6-4-2/h108-109,111-118H,3-107H2,1-2H3,(H,124,128)(H,125,131)(H,126,132). The van der Waals surface area contributed by atoms with Gasteiger partial charge in [-0.3, -0.25) is 28.8 Å². The molecule has 0 aliphatic heterocycles. The van der Waals surface area contributed by atoms with Crippen LogP contribution in [0.25, 0.3) is 0 Å². The molecule has 0 spiro atoms. The molecule has 0 aromatic heterocycles. The van der Waals surface area contributed by atoms with Gasteiger partial charge in [-0.25, -0.2) is 0 Å². The lowest BCUT2D eigenvalue weighted by molar-refractivity contribution is -0.131. The summed E-state index contributed by atoms with van der Waals surface area (Å²) in [4.78, 5) is 81.1. The summed E-state index contributed by atoms with van der Waals surface area (Å²) in [6.07, 6.45) is 136. The van der Waals surface area contributed by atoms with Crippen LogP contribution in [0.5, 0.6) is 0 Å². The van der Waals surface area contributed by atoms with Gasteiger partial charge in [-0.2, -0.15) is 0 Å². The summed E-state index contributed by atoms with van der Waals surface area (Å²) in [5.74, 6) is 1.58. The number of hydrogen-bond donors (Lipinski definition) is 3. The van der Waals surface area contributed by atoms with Gasteiger partial charge in [0.2, 0.25) is 17.7 Å². The summed E-state index contributed by atoms with van der Waals surface area (Å²) in [5, 5.41) is 9.28. The van der Waals surface area contributed by atoms with Crippen molar-refractivity contribution in [3.8, 4) is 0 Å². The lowest BCUT2D eigenvalue weighted by Crippen LogP contribution is -2.40. The van der Waals surface area contributed by atoms with E-state index < -0.39 is 0 Å². The fourth-order valence-electron chi connectivity index (χ4n) is 25.3. The van der Waals surface area contributed by atoms with Crippen LogP contribution in [0.4, 0.5) is 0 Å². The van der Waals surface area contributed by atoms with Crippen molar-refractivity contribution in [3.05, 3.63) is 0 Å². The highest BCUT2D eigenvalue weighted by atomic mass is 16.2. The van der Waals surface area contributed by atoms with E-state index in [9.17, 15) is 28.8 Å². The first kappa shape index (κ1) is 120. The third-order valence-corrected chi connectivity index (χ3v) is 33.9. The Bertz CT molecular complexity index is 2450. The quantitative estimate of drug-likeness (QED) is 0.0519. The normalized spacial score (nSPS) is 19.9. The molecule has 3 amide bonds. The number of fused-ring (bicyclic) bond motifs is 6. The Morgan fingerprint density at radius 3 is 0.583 bits per heavy atom. The number of nitrogens with one attached hydrogen (secondary N) is 3. The second-order valence-electron chi connectivity index (χ2n) is 45.6. The van der Waals surface area contributed by atoms with Crippen molar-refractivity contribution in [1.82, 2.24) is 16.0 Å². The van der Waals surface area contributed by atoms with Crippen molar-refractivity contribution in [2.24, 2.45) is 59.2 Å². The second kappa shape index (κ2) is 88.6. The van der Waals surface area contributed by atoms with E-state index in [0.717, 1.165) is 64.2 Å². The minimum absolute atomic E-state index is 0.00424. The summed E-state index contributed by atoms with van der Waals surface area (Å²) in [5.41, 5.74) is 0. The van der Waals surface area contributed by atoms with Gasteiger partial charge < -0.3 is 16.0 Å². The molecular formula is C123H229N3O6. The van der Waals surface area contributed by atoms with Crippen LogP contribution >= 0.6 is 0 Å². The van der Waals surface area contributed by atoms with Crippen LogP contribution in [0.3, 0.4) is 0 Å². The second-order valence-corrected chi connectivity index (χ2v) is 45.6. The van der Waals surface area contributed by atoms with E-state index in [1.165, 1.54) is 552 Å². The van der Waals surface area contributed by atoms with Crippen molar-refractivity contribution >= 4 is 35.1 Å². The molecule has 0 bridgehead atoms. The van der Waals surface area contributed by atoms with Crippen molar-refractivity contribution in [1.29, 1.82) is 0 Å². The van der Waals surface area contributed by atoms with Gasteiger partial charge in [-0.1, -0.05) is 579 Å². The van der Waals surface area contributed by atoms with E-state index in [4.69, 9.17) is 0 Å². The number of amides is 3. The average molecular weight is 1850 g/mol. The van der Waals surface area contributed by atoms with Crippen molar-refractivity contribution in [2.75, 3.05) is 19.6 Å². The highest BCUT2D eigenvalue weighted by Crippen LogP contribution is 2.62. The average Bonchev–Trinajstić information content (AvgIpc) is 1.57. The Morgan fingerprint density at radius 1 is 0.189 bits per heavy atom. The first-order chi connectivity index (χ1) is 65.2. The van der Waals surface area contributed by atoms with Crippen LogP contribution in [0.15, 0.2) is 0 Å². The number of carbonyl (C=O) groups excluding carboxylic acids is 6. The van der Waals surface area contributed by atoms with Gasteiger partial charge in [0.15, 0.2) is 0 Å². The molecule has 5 fully saturated rings. The predicted molar refractivity (Wildman–Crippen MR) is 571 cm³/mol. The Hall–Kier alpha value is -2.58. The van der Waals surface area contributed by atoms with Crippen LogP contribution < -0.4 is 16.0 Å². The van der Waals surface area contributed by atoms with Gasteiger partial charge in [-0.05, 0) is 94.3 Å². The maximum atomic E-state index is 14.3. The van der Waals surface area contributed by atoms with Gasteiger partial charge in [-0.15, -0.1) is 0 Å². The first-order valence-electron chi connectivity index (χ1n) is 61.6. The molecule has 0 radical (unpaired) electrons. The van der Waals surface area contributed by atoms with Crippen molar-refractivity contribution in [2.45, 2.75) is 669 Å². The molecule has 9 nitrogen and oxygen atoms in total. The summed E-state index contributed by atoms with van der Waals surface area (Å²) in [6, 6.07) is 0. The minimum atomic E-state index is -0.183. The zero-order valence-electron chi connectivity index (χ0n) is 89.0. The minimum Gasteiger partial charge on any atom is -0.356 e. The molecule has 9 heteroatoms. The van der Waals surface area contributed by atoms with Crippen molar-refractivity contribution in [3.63, 3.8) is 0 Å². The van der Waals surface area contributed by atoms with Crippen LogP contribution in [-0.4, -0.2) is 54.7 Å². The molecule has 5 aliphatic rings. The smallest absolute Gasteiger partial charge is 0.223 e. The molecule has 3 N–H and O–H groups in total. The number of rotatable bonds is 101. The molecule has 772 valence electrons. The third-order valence-electron chi connectivity index (χ3n) is 33.9. The van der Waals surface area contributed by atoms with E-state index in [1.54, 1.807) is 0 Å². The first-order valence-corrected chi connectivity index (χ1v) is 61.6. The fourth-order valence-corrected chi connectivity index (χ4v) is 25.3. The SMILES string of the molecule is CCCCCCCCCCCCCCCCCCCCCCCCCCCCCCCCCCCCCCCCCCCCCCCC(=O)CCCNC(=O)C1CCC2C(C1)C(=O)C1CC3C(CC12)C(=O)C1CC(C(=O)NCCNC(=O)CCCCCCCCCCCCCCCCCCCCCCCCCCCCCCCCCCCCCCCCCCCCCCC)CCC13. The maximum absolute atomic E-state index is 14.3. The molecular weight excluding hydrogens is 1620 g/mol. The number of hydrogen-bond acceptors (Lipinski definition) is 6. The molecule has 0 saturated heterocycles. The lowest BCUT2D eigenvalue weighted by atomic mass is 9.64. The molecule has 5 saturated carbocycles. The maximum Gasteiger partial charge on any atom is 0.223 e. The Labute approximate surface area is 822 Å². The molecule has 0 heterocycles. The van der Waals surface area contributed by atoms with E-state index in [0.29, 0.717) is 75.5 Å². The summed E-state index contributed by atoms with van der Waals surface area (Å²) in [7, 11) is 0. The van der Waals surface area contributed by atoms with Crippen LogP contribution in [0.1, 0.15) is 669 Å². The van der Waals surface area contributed by atoms with Gasteiger partial charge in [0.05, 0.1) is 0 Å². The van der Waals surface area contributed by atoms with Crippen LogP contribution in [-0.2, 0) is 28.8 Å². The molecule has 10 unspecified atom stereocenters. The van der Waals surface area contributed by atoms with Crippen LogP contribution in [0, 0.1) is 59.2 Å². The third kappa shape index (κ3) is 63.3. The predicted octanol–water partition coefficient (Wildman–Crippen LogP) is 38.1. The van der Waals surface area contributed by atoms with E-state index >= 15 is 0 Å². The summed E-state index contributed by atoms with van der Waals surface area (Å²) in [6.45, 7) is 5.97. The highest BCUT2D eigenvalue weighted by Gasteiger charge is 2.62. The lowest BCUT2D eigenvalue weighted by Gasteiger charge is -2.39. The molecule has 132 heavy (non-hydrogen) atoms. The van der Waals surface area contributed by atoms with E-state index in [1.807, 2.05) is 0 Å². The highest BCUT2D eigenvalue weighted by molar-refractivity contribution is 5.91. The summed E-state index contributed by atoms with van der Waals surface area (Å²) >= 11 is 0. The molecule has 5 rings (SSSR count). The molecule has 10 atom stereocenters. The topological polar surface area (TPSA) is 139 Å². The monoisotopic (exact) mass is 1840 g/mol. The fraction of sp³-hybridized carbons (Fsp3) is 0.951. The van der Waals surface area contributed by atoms with Gasteiger partial charge in [0, 0.05) is 74.4 Å². The number of unbranched alkanes of at least 4 members (excludes halogenated alkanes) is 88. The van der Waals surface area contributed by atoms with E-state index in [-0.39, 0.29) is 76.9 Å². The zero-order valence-corrected chi connectivity index (χ0v) is 89.0. The molecule has 0 aromatic rings. The number of Topliss-reactive ketones (excluding diaryl/α,β-unsaturated/α-hetero) is 3. The van der Waals surface area contributed by atoms with Crippen LogP contribution in [0.2, 0.25) is 0 Å². The Morgan fingerprint density at radius 2 is 0.364 bits per heavy atom. The molecule has 5 aliphatic carbocycles. The molecule has 0 aromatic carbocycles. The Balaban J connectivity index is 0.687. The largest absolute Gasteiger partial charge is 0.356 e. The van der Waals surface area contributed by atoms with Gasteiger partial charge >= 0.3 is 0 Å².